The molecule has 7 nitrogen and oxygen atoms in total. The maximum Gasteiger partial charge on any atom is 0.326 e. The number of carbonyl (C=O) groups excluding carboxylic acids is 2. The summed E-state index contributed by atoms with van der Waals surface area (Å²) in [7, 11) is 0. The molecule has 3 aliphatic rings. The topological polar surface area (TPSA) is 96.7 Å². The lowest BCUT2D eigenvalue weighted by molar-refractivity contribution is -0.151. The second-order valence-corrected chi connectivity index (χ2v) is 7.77. The molecule has 4 atom stereocenters. The lowest BCUT2D eigenvalue weighted by atomic mass is 9.64. The molecule has 0 aromatic rings. The van der Waals surface area contributed by atoms with Gasteiger partial charge in [-0.05, 0) is 58.4 Å². The second kappa shape index (κ2) is 8.39. The molecule has 0 bridgehead atoms. The predicted octanol–water partition coefficient (Wildman–Crippen LogP) is 1.69. The van der Waals surface area contributed by atoms with E-state index >= 15 is 0 Å². The maximum absolute atomic E-state index is 12.3. The number of rotatable bonds is 4. The minimum absolute atomic E-state index is 0.0220. The lowest BCUT2D eigenvalue weighted by Gasteiger charge is -2.52. The van der Waals surface area contributed by atoms with Gasteiger partial charge >= 0.3 is 12.0 Å². The Bertz CT molecular complexity index is 553. The van der Waals surface area contributed by atoms with Gasteiger partial charge in [0.2, 0.25) is 0 Å². The third-order valence-electron chi connectivity index (χ3n) is 6.17. The Morgan fingerprint density at radius 2 is 2.19 bits per heavy atom. The highest BCUT2D eigenvalue weighted by molar-refractivity contribution is 5.73. The number of carbonyl (C=O) groups is 2. The fraction of sp³-hybridized carbons (Fsp3) is 0.789. The molecule has 4 unspecified atom stereocenters. The zero-order chi connectivity index (χ0) is 18.6. The fourth-order valence-electron chi connectivity index (χ4n) is 5.04. The number of nitrogens with zero attached hydrogens (tertiary/aromatic N) is 1. The van der Waals surface area contributed by atoms with E-state index in [4.69, 9.17) is 10.5 Å². The van der Waals surface area contributed by atoms with Crippen LogP contribution in [0.3, 0.4) is 0 Å². The predicted molar refractivity (Wildman–Crippen MR) is 99.0 cm³/mol. The molecule has 2 heterocycles. The van der Waals surface area contributed by atoms with Gasteiger partial charge in [0.1, 0.15) is 0 Å². The number of esters is 1. The molecule has 0 radical (unpaired) electrons. The summed E-state index contributed by atoms with van der Waals surface area (Å²) in [5.41, 5.74) is 8.30. The number of urea groups is 1. The summed E-state index contributed by atoms with van der Waals surface area (Å²) in [5.74, 6) is -0.250. The average molecular weight is 364 g/mol. The van der Waals surface area contributed by atoms with Crippen LogP contribution in [0.25, 0.3) is 0 Å². The van der Waals surface area contributed by atoms with E-state index in [1.165, 1.54) is 6.42 Å². The highest BCUT2D eigenvalue weighted by Crippen LogP contribution is 2.44. The molecule has 7 heteroatoms. The zero-order valence-corrected chi connectivity index (χ0v) is 15.7. The van der Waals surface area contributed by atoms with Crippen molar-refractivity contribution in [3.05, 3.63) is 12.2 Å². The molecule has 2 fully saturated rings. The van der Waals surface area contributed by atoms with Gasteiger partial charge in [-0.2, -0.15) is 0 Å². The van der Waals surface area contributed by atoms with Crippen molar-refractivity contribution in [2.24, 2.45) is 17.1 Å². The molecule has 146 valence electrons. The van der Waals surface area contributed by atoms with Crippen LogP contribution in [0.1, 0.15) is 51.9 Å². The van der Waals surface area contributed by atoms with Gasteiger partial charge < -0.3 is 15.8 Å². The molecular formula is C19H32N4O3. The Kier molecular flexibility index (Phi) is 6.19. The largest absolute Gasteiger partial charge is 0.466 e. The van der Waals surface area contributed by atoms with Gasteiger partial charge in [0.15, 0.2) is 0 Å². The van der Waals surface area contributed by atoms with Gasteiger partial charge in [-0.15, -0.1) is 0 Å². The van der Waals surface area contributed by atoms with E-state index in [2.05, 4.69) is 22.9 Å². The van der Waals surface area contributed by atoms with Gasteiger partial charge in [-0.25, -0.2) is 9.80 Å². The number of nitrogens with two attached hydrogens (primary N) is 1. The third-order valence-corrected chi connectivity index (χ3v) is 6.17. The van der Waals surface area contributed by atoms with Crippen LogP contribution >= 0.6 is 0 Å². The molecule has 0 aromatic carbocycles. The van der Waals surface area contributed by atoms with E-state index in [0.717, 1.165) is 32.2 Å². The van der Waals surface area contributed by atoms with E-state index in [1.807, 2.05) is 11.9 Å². The van der Waals surface area contributed by atoms with Crippen molar-refractivity contribution in [2.45, 2.75) is 64.0 Å². The number of piperidine rings is 2. The van der Waals surface area contributed by atoms with Crippen LogP contribution < -0.4 is 16.5 Å². The normalized spacial score (nSPS) is 35.2. The maximum atomic E-state index is 12.3. The van der Waals surface area contributed by atoms with Crippen LogP contribution in [-0.2, 0) is 9.53 Å². The number of allylic oxidation sites excluding steroid dienone is 1. The number of primary amides is 1. The number of ether oxygens (including phenoxy) is 1. The first kappa shape index (κ1) is 19.2. The number of nitrogens with one attached hydrogen (secondary N) is 2. The summed E-state index contributed by atoms with van der Waals surface area (Å²) in [6.07, 6.45) is 11.8. The third kappa shape index (κ3) is 4.04. The Hall–Kier alpha value is -1.60. The molecule has 0 aromatic heterocycles. The SMILES string of the molecule is CCOC(=O)C1CCN(NC(N)=O)C(C2NCCCC23C=CCCC3)C1. The van der Waals surface area contributed by atoms with E-state index < -0.39 is 6.03 Å². The second-order valence-electron chi connectivity index (χ2n) is 7.77. The molecule has 1 aliphatic carbocycles. The zero-order valence-electron chi connectivity index (χ0n) is 15.7. The molecule has 4 N–H and O–H groups in total. The van der Waals surface area contributed by atoms with Gasteiger partial charge in [-0.3, -0.25) is 10.2 Å². The Labute approximate surface area is 155 Å². The first-order valence-corrected chi connectivity index (χ1v) is 9.96. The summed E-state index contributed by atoms with van der Waals surface area (Å²) in [4.78, 5) is 23.9. The van der Waals surface area contributed by atoms with Crippen LogP contribution in [0.2, 0.25) is 0 Å². The summed E-state index contributed by atoms with van der Waals surface area (Å²) in [5, 5.41) is 5.66. The minimum atomic E-state index is -0.548. The van der Waals surface area contributed by atoms with E-state index in [0.29, 0.717) is 26.0 Å². The van der Waals surface area contributed by atoms with Crippen LogP contribution in [0.15, 0.2) is 12.2 Å². The number of hydrogen-bond donors (Lipinski definition) is 3. The van der Waals surface area contributed by atoms with Crippen LogP contribution in [0, 0.1) is 11.3 Å². The fourth-order valence-corrected chi connectivity index (χ4v) is 5.04. The molecule has 0 saturated carbocycles. The van der Waals surface area contributed by atoms with Crippen molar-refractivity contribution >= 4 is 12.0 Å². The Morgan fingerprint density at radius 3 is 2.88 bits per heavy atom. The van der Waals surface area contributed by atoms with Crippen LogP contribution in [0.4, 0.5) is 4.79 Å². The number of hydrogen-bond acceptors (Lipinski definition) is 5. The molecular weight excluding hydrogens is 332 g/mol. The summed E-state index contributed by atoms with van der Waals surface area (Å²) in [6.45, 7) is 3.81. The van der Waals surface area contributed by atoms with Gasteiger partial charge in [-0.1, -0.05) is 12.2 Å². The minimum Gasteiger partial charge on any atom is -0.466 e. The van der Waals surface area contributed by atoms with E-state index in [-0.39, 0.29) is 29.4 Å². The van der Waals surface area contributed by atoms with E-state index in [9.17, 15) is 9.59 Å². The van der Waals surface area contributed by atoms with Crippen molar-refractivity contribution in [3.8, 4) is 0 Å². The highest BCUT2D eigenvalue weighted by atomic mass is 16.5. The van der Waals surface area contributed by atoms with Crippen molar-refractivity contribution in [1.29, 1.82) is 0 Å². The smallest absolute Gasteiger partial charge is 0.326 e. The Balaban J connectivity index is 1.84. The summed E-state index contributed by atoms with van der Waals surface area (Å²) in [6, 6.07) is -0.334. The molecule has 26 heavy (non-hydrogen) atoms. The first-order valence-electron chi connectivity index (χ1n) is 9.96. The highest BCUT2D eigenvalue weighted by Gasteiger charge is 2.48. The van der Waals surface area contributed by atoms with Gasteiger partial charge in [0.05, 0.1) is 12.5 Å². The van der Waals surface area contributed by atoms with Crippen LogP contribution in [0.5, 0.6) is 0 Å². The molecule has 2 saturated heterocycles. The standard InChI is InChI=1S/C19H32N4O3/c1-2-26-17(24)14-7-12-23(22-18(20)25)15(13-14)16-19(10-6-11-21-16)8-4-3-5-9-19/h4,8,14-16,21H,2-3,5-7,9-13H2,1H3,(H3,20,22,25). The molecule has 1 spiro atoms. The van der Waals surface area contributed by atoms with E-state index in [1.54, 1.807) is 0 Å². The average Bonchev–Trinajstić information content (AvgIpc) is 2.63. The van der Waals surface area contributed by atoms with Crippen molar-refractivity contribution < 1.29 is 14.3 Å². The quantitative estimate of drug-likeness (QED) is 0.521. The van der Waals surface area contributed by atoms with Gasteiger partial charge in [0.25, 0.3) is 0 Å². The van der Waals surface area contributed by atoms with Crippen molar-refractivity contribution in [3.63, 3.8) is 0 Å². The monoisotopic (exact) mass is 364 g/mol. The van der Waals surface area contributed by atoms with Gasteiger partial charge in [0, 0.05) is 24.0 Å². The number of hydrazine groups is 1. The lowest BCUT2D eigenvalue weighted by Crippen LogP contribution is -2.66. The summed E-state index contributed by atoms with van der Waals surface area (Å²) < 4.78 is 5.27. The Morgan fingerprint density at radius 1 is 1.38 bits per heavy atom. The van der Waals surface area contributed by atoms with Crippen molar-refractivity contribution in [1.82, 2.24) is 15.8 Å². The molecule has 2 aliphatic heterocycles. The van der Waals surface area contributed by atoms with Crippen LogP contribution in [-0.4, -0.2) is 48.8 Å². The van der Waals surface area contributed by atoms with Crippen molar-refractivity contribution in [2.75, 3.05) is 19.7 Å². The first-order chi connectivity index (χ1) is 12.6. The number of amides is 2. The summed E-state index contributed by atoms with van der Waals surface area (Å²) >= 11 is 0. The molecule has 2 amide bonds. The molecule has 3 rings (SSSR count).